The molecule has 0 spiro atoms. The second-order valence-corrected chi connectivity index (χ2v) is 10.6. The van der Waals surface area contributed by atoms with Crippen molar-refractivity contribution < 1.29 is 18.3 Å². The largest absolute Gasteiger partial charge is 0.481 e. The fourth-order valence-electron chi connectivity index (χ4n) is 3.17. The number of carboxylic acids is 1. The van der Waals surface area contributed by atoms with Gasteiger partial charge in [-0.25, -0.2) is 3.97 Å². The highest BCUT2D eigenvalue weighted by molar-refractivity contribution is 7.92. The number of aryl methyl sites for hydroxylation is 1. The van der Waals surface area contributed by atoms with Crippen molar-refractivity contribution in [3.8, 4) is 11.1 Å². The number of pyridine rings is 1. The van der Waals surface area contributed by atoms with E-state index in [0.717, 1.165) is 26.4 Å². The Hall–Kier alpha value is -2.39. The van der Waals surface area contributed by atoms with E-state index in [9.17, 15) is 13.2 Å². The lowest BCUT2D eigenvalue weighted by molar-refractivity contribution is -0.136. The summed E-state index contributed by atoms with van der Waals surface area (Å²) in [5.41, 5.74) is 2.79. The maximum absolute atomic E-state index is 13.2. The SMILES string of the molecule is O=C(O)CCc1cn(S(=O)(=O)c2cc(Cl)c(Cl)s2)c2ccc(-c3cccnc3)cc12. The number of carboxylic acid groups (broad SMARTS) is 1. The lowest BCUT2D eigenvalue weighted by Crippen LogP contribution is -2.10. The predicted molar refractivity (Wildman–Crippen MR) is 118 cm³/mol. The van der Waals surface area contributed by atoms with Gasteiger partial charge in [0, 0.05) is 36.0 Å². The van der Waals surface area contributed by atoms with Gasteiger partial charge in [-0.05, 0) is 41.8 Å². The number of rotatable bonds is 6. The van der Waals surface area contributed by atoms with Crippen LogP contribution in [-0.2, 0) is 21.2 Å². The third-order valence-electron chi connectivity index (χ3n) is 4.59. The van der Waals surface area contributed by atoms with Crippen molar-refractivity contribution in [2.24, 2.45) is 0 Å². The summed E-state index contributed by atoms with van der Waals surface area (Å²) in [6.07, 6.45) is 4.92. The van der Waals surface area contributed by atoms with Crippen molar-refractivity contribution in [2.45, 2.75) is 17.1 Å². The number of benzene rings is 1. The molecule has 0 aliphatic heterocycles. The van der Waals surface area contributed by atoms with Gasteiger partial charge in [-0.1, -0.05) is 35.3 Å². The van der Waals surface area contributed by atoms with Crippen LogP contribution >= 0.6 is 34.5 Å². The molecule has 1 aromatic carbocycles. The maximum Gasteiger partial charge on any atom is 0.303 e. The van der Waals surface area contributed by atoms with Gasteiger partial charge in [0.25, 0.3) is 10.0 Å². The van der Waals surface area contributed by atoms with Crippen LogP contribution in [0.25, 0.3) is 22.0 Å². The highest BCUT2D eigenvalue weighted by atomic mass is 35.5. The molecule has 10 heteroatoms. The molecule has 0 saturated carbocycles. The molecule has 4 aromatic rings. The summed E-state index contributed by atoms with van der Waals surface area (Å²) in [5, 5.41) is 9.93. The molecule has 6 nitrogen and oxygen atoms in total. The molecule has 154 valence electrons. The van der Waals surface area contributed by atoms with E-state index in [-0.39, 0.29) is 26.4 Å². The highest BCUT2D eigenvalue weighted by Crippen LogP contribution is 2.37. The molecule has 0 bridgehead atoms. The van der Waals surface area contributed by atoms with E-state index in [1.807, 2.05) is 18.2 Å². The molecule has 0 radical (unpaired) electrons. The Morgan fingerprint density at radius 2 is 1.97 bits per heavy atom. The molecule has 0 fully saturated rings. The Morgan fingerprint density at radius 1 is 1.17 bits per heavy atom. The molecule has 30 heavy (non-hydrogen) atoms. The van der Waals surface area contributed by atoms with Crippen LogP contribution < -0.4 is 0 Å². The number of halogens is 2. The zero-order chi connectivity index (χ0) is 21.5. The Balaban J connectivity index is 1.91. The van der Waals surface area contributed by atoms with Crippen LogP contribution in [-0.4, -0.2) is 28.5 Å². The quantitative estimate of drug-likeness (QED) is 0.402. The van der Waals surface area contributed by atoms with Crippen LogP contribution in [0.2, 0.25) is 9.36 Å². The Morgan fingerprint density at radius 3 is 2.60 bits per heavy atom. The number of carbonyl (C=O) groups is 1. The van der Waals surface area contributed by atoms with Crippen molar-refractivity contribution >= 4 is 61.4 Å². The van der Waals surface area contributed by atoms with E-state index in [0.29, 0.717) is 16.5 Å². The van der Waals surface area contributed by atoms with Crippen LogP contribution in [0.5, 0.6) is 0 Å². The Kier molecular flexibility index (Phi) is 5.59. The van der Waals surface area contributed by atoms with Crippen molar-refractivity contribution in [1.29, 1.82) is 0 Å². The van der Waals surface area contributed by atoms with Crippen LogP contribution in [0.3, 0.4) is 0 Å². The first-order valence-corrected chi connectivity index (χ1v) is 11.7. The predicted octanol–water partition coefficient (Wildman–Crippen LogP) is 5.33. The van der Waals surface area contributed by atoms with Crippen LogP contribution in [0, 0.1) is 0 Å². The summed E-state index contributed by atoms with van der Waals surface area (Å²) in [6.45, 7) is 0. The second-order valence-electron chi connectivity index (χ2n) is 6.51. The minimum Gasteiger partial charge on any atom is -0.481 e. The monoisotopic (exact) mass is 480 g/mol. The van der Waals surface area contributed by atoms with E-state index in [2.05, 4.69) is 4.98 Å². The van der Waals surface area contributed by atoms with Gasteiger partial charge in [0.2, 0.25) is 0 Å². The number of fused-ring (bicyclic) bond motifs is 1. The van der Waals surface area contributed by atoms with Gasteiger partial charge in [-0.15, -0.1) is 11.3 Å². The number of thiophene rings is 1. The zero-order valence-corrected chi connectivity index (χ0v) is 18.4. The molecule has 1 N–H and O–H groups in total. The average Bonchev–Trinajstić information content (AvgIpc) is 3.27. The van der Waals surface area contributed by atoms with Crippen LogP contribution in [0.4, 0.5) is 0 Å². The number of aromatic nitrogens is 2. The number of nitrogens with zero attached hydrogens (tertiary/aromatic N) is 2. The first-order chi connectivity index (χ1) is 14.3. The highest BCUT2D eigenvalue weighted by Gasteiger charge is 2.25. The van der Waals surface area contributed by atoms with Gasteiger partial charge < -0.3 is 5.11 Å². The van der Waals surface area contributed by atoms with Crippen LogP contribution in [0.1, 0.15) is 12.0 Å². The smallest absolute Gasteiger partial charge is 0.303 e. The summed E-state index contributed by atoms with van der Waals surface area (Å²) >= 11 is 12.8. The van der Waals surface area contributed by atoms with E-state index in [1.54, 1.807) is 24.5 Å². The van der Waals surface area contributed by atoms with E-state index >= 15 is 0 Å². The molecule has 0 atom stereocenters. The van der Waals surface area contributed by atoms with Gasteiger partial charge in [-0.3, -0.25) is 9.78 Å². The van der Waals surface area contributed by atoms with Gasteiger partial charge in [0.1, 0.15) is 8.55 Å². The van der Waals surface area contributed by atoms with E-state index < -0.39 is 16.0 Å². The molecule has 3 aromatic heterocycles. The fourth-order valence-corrected chi connectivity index (χ4v) is 6.53. The normalized spacial score (nSPS) is 11.8. The third kappa shape index (κ3) is 3.83. The van der Waals surface area contributed by atoms with Gasteiger partial charge in [0.15, 0.2) is 0 Å². The second kappa shape index (κ2) is 8.03. The van der Waals surface area contributed by atoms with E-state index in [1.165, 1.54) is 12.3 Å². The standard InChI is InChI=1S/C20H14Cl2N2O4S2/c21-16-9-19(29-20(16)22)30(27,28)24-11-14(4-6-18(25)26)15-8-12(3-5-17(15)24)13-2-1-7-23-10-13/h1-3,5,7-11H,4,6H2,(H,25,26). The molecule has 0 saturated heterocycles. The minimum atomic E-state index is -3.96. The molecule has 0 amide bonds. The number of hydrogen-bond donors (Lipinski definition) is 1. The maximum atomic E-state index is 13.2. The summed E-state index contributed by atoms with van der Waals surface area (Å²) in [4.78, 5) is 15.2. The first-order valence-electron chi connectivity index (χ1n) is 8.74. The third-order valence-corrected chi connectivity index (χ3v) is 8.58. The first kappa shape index (κ1) is 20.9. The summed E-state index contributed by atoms with van der Waals surface area (Å²) in [5.74, 6) is -0.959. The van der Waals surface area contributed by atoms with Crippen molar-refractivity contribution in [2.75, 3.05) is 0 Å². The van der Waals surface area contributed by atoms with Crippen LogP contribution in [0.15, 0.2) is 59.2 Å². The minimum absolute atomic E-state index is 0.00974. The summed E-state index contributed by atoms with van der Waals surface area (Å²) < 4.78 is 27.9. The average molecular weight is 481 g/mol. The van der Waals surface area contributed by atoms with Crippen molar-refractivity contribution in [3.63, 3.8) is 0 Å². The van der Waals surface area contributed by atoms with Crippen molar-refractivity contribution in [3.05, 3.63) is 69.9 Å². The van der Waals surface area contributed by atoms with Gasteiger partial charge in [-0.2, -0.15) is 8.42 Å². The lowest BCUT2D eigenvalue weighted by Gasteiger charge is -2.06. The molecule has 0 unspecified atom stereocenters. The topological polar surface area (TPSA) is 89.3 Å². The summed E-state index contributed by atoms with van der Waals surface area (Å²) in [7, 11) is -3.96. The molecule has 4 rings (SSSR count). The molecular weight excluding hydrogens is 467 g/mol. The van der Waals surface area contributed by atoms with Crippen molar-refractivity contribution in [1.82, 2.24) is 8.96 Å². The van der Waals surface area contributed by atoms with Gasteiger partial charge in [0.05, 0.1) is 10.5 Å². The van der Waals surface area contributed by atoms with Gasteiger partial charge >= 0.3 is 5.97 Å². The zero-order valence-electron chi connectivity index (χ0n) is 15.2. The lowest BCUT2D eigenvalue weighted by atomic mass is 10.0. The molecule has 3 heterocycles. The Bertz CT molecular complexity index is 1340. The molecule has 0 aliphatic carbocycles. The Labute approximate surface area is 186 Å². The molecular formula is C20H14Cl2N2O4S2. The summed E-state index contributed by atoms with van der Waals surface area (Å²) in [6, 6.07) is 10.4. The van der Waals surface area contributed by atoms with E-state index in [4.69, 9.17) is 28.3 Å². The number of hydrogen-bond acceptors (Lipinski definition) is 5. The number of aliphatic carboxylic acids is 1. The fraction of sp³-hybridized carbons (Fsp3) is 0.100. The molecule has 0 aliphatic rings.